The summed E-state index contributed by atoms with van der Waals surface area (Å²) < 4.78 is 5.07. The van der Waals surface area contributed by atoms with Crippen LogP contribution in [0.2, 0.25) is 5.02 Å². The molecule has 0 saturated heterocycles. The summed E-state index contributed by atoms with van der Waals surface area (Å²) in [6.07, 6.45) is 0.433. The molecule has 1 rings (SSSR count). The van der Waals surface area contributed by atoms with Crippen LogP contribution in [0.1, 0.15) is 24.9 Å². The summed E-state index contributed by atoms with van der Waals surface area (Å²) in [5.41, 5.74) is 0.917. The summed E-state index contributed by atoms with van der Waals surface area (Å²) in [5, 5.41) is 3.69. The highest BCUT2D eigenvalue weighted by Crippen LogP contribution is 2.28. The summed E-state index contributed by atoms with van der Waals surface area (Å²) in [7, 11) is 3.41. The van der Waals surface area contributed by atoms with Crippen LogP contribution in [-0.4, -0.2) is 19.9 Å². The summed E-state index contributed by atoms with van der Waals surface area (Å²) in [4.78, 5) is 11.1. The first kappa shape index (κ1) is 13.0. The third-order valence-corrected chi connectivity index (χ3v) is 2.75. The fourth-order valence-electron chi connectivity index (χ4n) is 1.57. The van der Waals surface area contributed by atoms with E-state index in [1.54, 1.807) is 20.1 Å². The molecule has 1 aromatic carbocycles. The second kappa shape index (κ2) is 5.87. The lowest BCUT2D eigenvalue weighted by atomic mass is 10.0. The maximum absolute atomic E-state index is 11.1. The van der Waals surface area contributed by atoms with Crippen molar-refractivity contribution in [3.63, 3.8) is 0 Å². The van der Waals surface area contributed by atoms with E-state index in [2.05, 4.69) is 5.32 Å². The predicted octanol–water partition coefficient (Wildman–Crippen LogP) is 2.59. The number of nitrogens with one attached hydrogen (secondary N) is 1. The van der Waals surface area contributed by atoms with E-state index in [1.165, 1.54) is 0 Å². The van der Waals surface area contributed by atoms with Gasteiger partial charge in [-0.25, -0.2) is 0 Å². The van der Waals surface area contributed by atoms with Crippen molar-refractivity contribution < 1.29 is 9.53 Å². The van der Waals surface area contributed by atoms with Gasteiger partial charge in [-0.15, -0.1) is 0 Å². The molecule has 0 fully saturated rings. The van der Waals surface area contributed by atoms with Crippen molar-refractivity contribution in [2.24, 2.45) is 0 Å². The maximum atomic E-state index is 11.1. The Bertz CT molecular complexity index is 379. The topological polar surface area (TPSA) is 38.3 Å². The van der Waals surface area contributed by atoms with Gasteiger partial charge in [-0.3, -0.25) is 4.79 Å². The lowest BCUT2D eigenvalue weighted by molar-refractivity contribution is -0.117. The minimum absolute atomic E-state index is 0.0455. The van der Waals surface area contributed by atoms with Crippen molar-refractivity contribution in [1.82, 2.24) is 5.32 Å². The first-order chi connectivity index (χ1) is 7.58. The molecule has 0 saturated carbocycles. The average Bonchev–Trinajstić information content (AvgIpc) is 2.25. The molecule has 88 valence electrons. The molecule has 0 aliphatic carbocycles. The Hall–Kier alpha value is -1.06. The third kappa shape index (κ3) is 3.22. The highest BCUT2D eigenvalue weighted by atomic mass is 35.5. The zero-order chi connectivity index (χ0) is 12.1. The van der Waals surface area contributed by atoms with Gasteiger partial charge in [0.05, 0.1) is 7.11 Å². The summed E-state index contributed by atoms with van der Waals surface area (Å²) in [5.74, 6) is 0.845. The highest BCUT2D eigenvalue weighted by molar-refractivity contribution is 6.31. The molecule has 0 aliphatic rings. The number of hydrogen-bond donors (Lipinski definition) is 1. The molecular weight excluding hydrogens is 226 g/mol. The summed E-state index contributed by atoms with van der Waals surface area (Å²) in [6.45, 7) is 1.57. The lowest BCUT2D eigenvalue weighted by Crippen LogP contribution is -2.19. The Morgan fingerprint density at radius 3 is 2.69 bits per heavy atom. The predicted molar refractivity (Wildman–Crippen MR) is 65.1 cm³/mol. The smallest absolute Gasteiger partial charge is 0.131 e. The second-order valence-corrected chi connectivity index (χ2v) is 4.04. The van der Waals surface area contributed by atoms with Crippen LogP contribution >= 0.6 is 11.6 Å². The quantitative estimate of drug-likeness (QED) is 0.861. The molecule has 0 aliphatic heterocycles. The van der Waals surface area contributed by atoms with Gasteiger partial charge in [-0.2, -0.15) is 0 Å². The first-order valence-electron chi connectivity index (χ1n) is 5.08. The van der Waals surface area contributed by atoms with Crippen LogP contribution in [0.4, 0.5) is 0 Å². The van der Waals surface area contributed by atoms with E-state index in [4.69, 9.17) is 16.3 Å². The molecule has 4 heteroatoms. The van der Waals surface area contributed by atoms with Crippen LogP contribution in [0.25, 0.3) is 0 Å². The second-order valence-electron chi connectivity index (χ2n) is 3.63. The number of methoxy groups -OCH3 is 1. The first-order valence-corrected chi connectivity index (χ1v) is 5.46. The van der Waals surface area contributed by atoms with Crippen molar-refractivity contribution in [2.75, 3.05) is 14.2 Å². The van der Waals surface area contributed by atoms with E-state index in [-0.39, 0.29) is 11.8 Å². The number of ketones is 1. The number of ether oxygens (including phenoxy) is 1. The van der Waals surface area contributed by atoms with Crippen LogP contribution in [0.5, 0.6) is 5.75 Å². The van der Waals surface area contributed by atoms with E-state index < -0.39 is 0 Å². The Balaban J connectivity index is 2.96. The molecule has 0 bridgehead atoms. The van der Waals surface area contributed by atoms with Gasteiger partial charge in [0.25, 0.3) is 0 Å². The molecule has 1 N–H and O–H groups in total. The van der Waals surface area contributed by atoms with Gasteiger partial charge < -0.3 is 10.1 Å². The van der Waals surface area contributed by atoms with Crippen molar-refractivity contribution in [3.05, 3.63) is 28.8 Å². The fraction of sp³-hybridized carbons (Fsp3) is 0.417. The average molecular weight is 242 g/mol. The van der Waals surface area contributed by atoms with Crippen molar-refractivity contribution in [3.8, 4) is 5.75 Å². The van der Waals surface area contributed by atoms with Gasteiger partial charge in [0, 0.05) is 17.5 Å². The van der Waals surface area contributed by atoms with Crippen LogP contribution < -0.4 is 10.1 Å². The highest BCUT2D eigenvalue weighted by Gasteiger charge is 2.15. The van der Waals surface area contributed by atoms with Crippen LogP contribution in [0.3, 0.4) is 0 Å². The molecule has 0 amide bonds. The number of hydrogen-bond acceptors (Lipinski definition) is 3. The van der Waals surface area contributed by atoms with Gasteiger partial charge in [0.2, 0.25) is 0 Å². The lowest BCUT2D eigenvalue weighted by Gasteiger charge is -2.17. The zero-order valence-electron chi connectivity index (χ0n) is 9.71. The van der Waals surface area contributed by atoms with Crippen LogP contribution in [0, 0.1) is 0 Å². The molecule has 0 radical (unpaired) electrons. The van der Waals surface area contributed by atoms with E-state index in [9.17, 15) is 4.79 Å². The summed E-state index contributed by atoms with van der Waals surface area (Å²) in [6, 6.07) is 5.43. The molecule has 3 nitrogen and oxygen atoms in total. The zero-order valence-corrected chi connectivity index (χ0v) is 10.5. The molecule has 16 heavy (non-hydrogen) atoms. The van der Waals surface area contributed by atoms with E-state index in [0.29, 0.717) is 17.2 Å². The van der Waals surface area contributed by atoms with Crippen LogP contribution in [-0.2, 0) is 4.79 Å². The van der Waals surface area contributed by atoms with E-state index >= 15 is 0 Å². The SMILES string of the molecule is CNC(CC(C)=O)c1ccc(OC)cc1Cl. The Kier molecular flexibility index (Phi) is 4.77. The van der Waals surface area contributed by atoms with Crippen molar-refractivity contribution in [1.29, 1.82) is 0 Å². The molecule has 0 heterocycles. The van der Waals surface area contributed by atoms with Crippen molar-refractivity contribution in [2.45, 2.75) is 19.4 Å². The normalized spacial score (nSPS) is 12.2. The Morgan fingerprint density at radius 2 is 2.25 bits per heavy atom. The summed E-state index contributed by atoms with van der Waals surface area (Å²) >= 11 is 6.13. The largest absolute Gasteiger partial charge is 0.497 e. The number of benzene rings is 1. The Labute approximate surface area is 101 Å². The number of carbonyl (C=O) groups is 1. The van der Waals surface area contributed by atoms with Gasteiger partial charge >= 0.3 is 0 Å². The fourth-order valence-corrected chi connectivity index (χ4v) is 1.87. The standard InChI is InChI=1S/C12H16ClNO2/c1-8(15)6-12(14-2)10-5-4-9(16-3)7-11(10)13/h4-5,7,12,14H,6H2,1-3H3. The number of rotatable bonds is 5. The van der Waals surface area contributed by atoms with Gasteiger partial charge in [-0.05, 0) is 31.7 Å². The molecule has 1 atom stereocenters. The molecule has 1 unspecified atom stereocenters. The molecule has 1 aromatic rings. The minimum atomic E-state index is -0.0455. The van der Waals surface area contributed by atoms with Gasteiger partial charge in [0.1, 0.15) is 11.5 Å². The van der Waals surface area contributed by atoms with Gasteiger partial charge in [0.15, 0.2) is 0 Å². The Morgan fingerprint density at radius 1 is 1.56 bits per heavy atom. The van der Waals surface area contributed by atoms with E-state index in [0.717, 1.165) is 5.56 Å². The number of carbonyl (C=O) groups excluding carboxylic acids is 1. The van der Waals surface area contributed by atoms with Gasteiger partial charge in [-0.1, -0.05) is 17.7 Å². The molecule has 0 aromatic heterocycles. The number of Topliss-reactive ketones (excluding diaryl/α,β-unsaturated/α-hetero) is 1. The van der Waals surface area contributed by atoms with E-state index in [1.807, 2.05) is 19.2 Å². The maximum Gasteiger partial charge on any atom is 0.131 e. The monoisotopic (exact) mass is 241 g/mol. The van der Waals surface area contributed by atoms with Crippen LogP contribution in [0.15, 0.2) is 18.2 Å². The molecular formula is C12H16ClNO2. The van der Waals surface area contributed by atoms with Crippen molar-refractivity contribution >= 4 is 17.4 Å². The third-order valence-electron chi connectivity index (χ3n) is 2.42. The molecule has 0 spiro atoms. The number of halogens is 1. The minimum Gasteiger partial charge on any atom is -0.497 e.